The van der Waals surface area contributed by atoms with Gasteiger partial charge in [-0.15, -0.1) is 0 Å². The third-order valence-electron chi connectivity index (χ3n) is 6.96. The number of ether oxygens (including phenoxy) is 1. The highest BCUT2D eigenvalue weighted by Crippen LogP contribution is 2.41. The van der Waals surface area contributed by atoms with Crippen LogP contribution in [0.4, 0.5) is 0 Å². The van der Waals surface area contributed by atoms with Gasteiger partial charge in [0.2, 0.25) is 0 Å². The number of carbonyl (C=O) groups excluding carboxylic acids is 1. The first-order valence-electron chi connectivity index (χ1n) is 10.3. The predicted molar refractivity (Wildman–Crippen MR) is 108 cm³/mol. The van der Waals surface area contributed by atoms with Gasteiger partial charge in [-0.1, -0.05) is 54.6 Å². The van der Waals surface area contributed by atoms with Gasteiger partial charge in [0.1, 0.15) is 6.10 Å². The highest BCUT2D eigenvalue weighted by Gasteiger charge is 2.51. The first kappa shape index (κ1) is 18.2. The van der Waals surface area contributed by atoms with E-state index in [4.69, 9.17) is 4.74 Å². The Bertz CT molecular complexity index is 770. The van der Waals surface area contributed by atoms with Crippen LogP contribution in [0.15, 0.2) is 54.6 Å². The molecular formula is C24H30NO2+. The highest BCUT2D eigenvalue weighted by molar-refractivity contribution is 5.73. The molecule has 2 unspecified atom stereocenters. The van der Waals surface area contributed by atoms with Gasteiger partial charge in [-0.25, -0.2) is 0 Å². The predicted octanol–water partition coefficient (Wildman–Crippen LogP) is 4.60. The van der Waals surface area contributed by atoms with E-state index in [2.05, 4.69) is 38.2 Å². The largest absolute Gasteiger partial charge is 0.462 e. The molecule has 142 valence electrons. The molecule has 2 aliphatic rings. The molecule has 0 radical (unpaired) electrons. The zero-order valence-electron chi connectivity index (χ0n) is 16.4. The molecule has 0 amide bonds. The van der Waals surface area contributed by atoms with Crippen LogP contribution in [0.1, 0.15) is 38.2 Å². The van der Waals surface area contributed by atoms with Gasteiger partial charge in [-0.05, 0) is 23.6 Å². The molecule has 0 N–H and O–H groups in total. The first-order chi connectivity index (χ1) is 13.1. The summed E-state index contributed by atoms with van der Waals surface area (Å²) < 4.78 is 7.06. The van der Waals surface area contributed by atoms with E-state index in [9.17, 15) is 4.79 Å². The van der Waals surface area contributed by atoms with Crippen molar-refractivity contribution in [2.24, 2.45) is 0 Å². The van der Waals surface area contributed by atoms with Crippen molar-refractivity contribution < 1.29 is 14.0 Å². The van der Waals surface area contributed by atoms with Crippen LogP contribution in [0.3, 0.4) is 0 Å². The molecule has 2 aromatic carbocycles. The molecule has 2 bridgehead atoms. The Kier molecular flexibility index (Phi) is 5.05. The smallest absolute Gasteiger partial charge is 0.310 e. The lowest BCUT2D eigenvalue weighted by Gasteiger charge is -2.46. The fourth-order valence-electron chi connectivity index (χ4n) is 5.15. The van der Waals surface area contributed by atoms with Crippen LogP contribution in [0.5, 0.6) is 0 Å². The number of benzene rings is 2. The van der Waals surface area contributed by atoms with Crippen LogP contribution in [-0.2, 0) is 16.0 Å². The summed E-state index contributed by atoms with van der Waals surface area (Å²) in [6.45, 7) is 3.47. The summed E-state index contributed by atoms with van der Waals surface area (Å²) in [4.78, 5) is 12.5. The molecule has 0 aromatic heterocycles. The lowest BCUT2D eigenvalue weighted by atomic mass is 9.96. The Hall–Kier alpha value is -2.13. The number of carbonyl (C=O) groups is 1. The van der Waals surface area contributed by atoms with Gasteiger partial charge in [0, 0.05) is 25.7 Å². The fraction of sp³-hybridized carbons (Fsp3) is 0.458. The average molecular weight is 365 g/mol. The van der Waals surface area contributed by atoms with Gasteiger partial charge in [0.25, 0.3) is 0 Å². The highest BCUT2D eigenvalue weighted by atomic mass is 16.5. The lowest BCUT2D eigenvalue weighted by molar-refractivity contribution is -0.947. The molecule has 2 fully saturated rings. The van der Waals surface area contributed by atoms with Crippen molar-refractivity contribution in [3.8, 4) is 11.1 Å². The molecule has 2 atom stereocenters. The second-order valence-electron chi connectivity index (χ2n) is 8.37. The molecule has 0 saturated carbocycles. The summed E-state index contributed by atoms with van der Waals surface area (Å²) in [5.74, 6) is -0.0838. The maximum absolute atomic E-state index is 12.5. The number of hydrogen-bond donors (Lipinski definition) is 0. The van der Waals surface area contributed by atoms with E-state index in [1.807, 2.05) is 30.3 Å². The van der Waals surface area contributed by atoms with Crippen molar-refractivity contribution in [2.75, 3.05) is 13.6 Å². The number of fused-ring (bicyclic) bond motifs is 2. The maximum atomic E-state index is 12.5. The standard InChI is InChI=1S/C24H30NO2/c1-3-25(2)21-13-14-22(25)17-23(16-21)27-24(26)15-18-9-11-20(12-10-18)19-7-5-4-6-8-19/h4-12,21-23H,3,13-17H2,1-2H3/q+1. The fourth-order valence-corrected chi connectivity index (χ4v) is 5.15. The minimum Gasteiger partial charge on any atom is -0.462 e. The molecule has 0 aliphatic carbocycles. The van der Waals surface area contributed by atoms with Gasteiger partial charge in [-0.2, -0.15) is 0 Å². The second-order valence-corrected chi connectivity index (χ2v) is 8.37. The van der Waals surface area contributed by atoms with E-state index in [1.54, 1.807) is 0 Å². The van der Waals surface area contributed by atoms with E-state index in [0.717, 1.165) is 18.4 Å². The maximum Gasteiger partial charge on any atom is 0.310 e. The van der Waals surface area contributed by atoms with Crippen LogP contribution >= 0.6 is 0 Å². The average Bonchev–Trinajstić information content (AvgIpc) is 2.85. The first-order valence-corrected chi connectivity index (χ1v) is 10.3. The Morgan fingerprint density at radius 1 is 0.963 bits per heavy atom. The summed E-state index contributed by atoms with van der Waals surface area (Å²) in [5.41, 5.74) is 3.39. The third-order valence-corrected chi connectivity index (χ3v) is 6.96. The van der Waals surface area contributed by atoms with Crippen molar-refractivity contribution in [3.05, 3.63) is 60.2 Å². The van der Waals surface area contributed by atoms with E-state index < -0.39 is 0 Å². The van der Waals surface area contributed by atoms with Crippen molar-refractivity contribution in [1.82, 2.24) is 0 Å². The van der Waals surface area contributed by atoms with Gasteiger partial charge >= 0.3 is 5.97 Å². The molecular weight excluding hydrogens is 334 g/mol. The summed E-state index contributed by atoms with van der Waals surface area (Å²) in [7, 11) is 2.38. The van der Waals surface area contributed by atoms with Crippen LogP contribution < -0.4 is 0 Å². The Labute approximate surface area is 162 Å². The van der Waals surface area contributed by atoms with E-state index in [0.29, 0.717) is 18.5 Å². The van der Waals surface area contributed by atoms with E-state index in [1.165, 1.54) is 35.0 Å². The van der Waals surface area contributed by atoms with Gasteiger partial charge < -0.3 is 9.22 Å². The van der Waals surface area contributed by atoms with E-state index in [-0.39, 0.29) is 12.1 Å². The topological polar surface area (TPSA) is 26.3 Å². The normalized spacial score (nSPS) is 29.5. The lowest BCUT2D eigenvalue weighted by Crippen LogP contribution is -2.58. The van der Waals surface area contributed by atoms with Gasteiger partial charge in [0.05, 0.1) is 32.1 Å². The minimum atomic E-state index is -0.0838. The quantitative estimate of drug-likeness (QED) is 0.572. The molecule has 27 heavy (non-hydrogen) atoms. The van der Waals surface area contributed by atoms with Crippen LogP contribution in [0, 0.1) is 0 Å². The monoisotopic (exact) mass is 364 g/mol. The number of esters is 1. The summed E-state index contributed by atoms with van der Waals surface area (Å²) in [5, 5.41) is 0. The van der Waals surface area contributed by atoms with Crippen molar-refractivity contribution in [1.29, 1.82) is 0 Å². The van der Waals surface area contributed by atoms with E-state index >= 15 is 0 Å². The molecule has 2 aliphatic heterocycles. The summed E-state index contributed by atoms with van der Waals surface area (Å²) >= 11 is 0. The van der Waals surface area contributed by atoms with Crippen molar-refractivity contribution in [3.63, 3.8) is 0 Å². The van der Waals surface area contributed by atoms with Crippen LogP contribution in [0.25, 0.3) is 11.1 Å². The summed E-state index contributed by atoms with van der Waals surface area (Å²) in [6.07, 6.45) is 5.09. The molecule has 2 aromatic rings. The van der Waals surface area contributed by atoms with Crippen molar-refractivity contribution in [2.45, 2.75) is 57.2 Å². The molecule has 4 rings (SSSR count). The third kappa shape index (κ3) is 3.66. The van der Waals surface area contributed by atoms with Crippen LogP contribution in [0.2, 0.25) is 0 Å². The number of rotatable bonds is 5. The van der Waals surface area contributed by atoms with Crippen molar-refractivity contribution >= 4 is 5.97 Å². The Morgan fingerprint density at radius 2 is 1.56 bits per heavy atom. The number of piperidine rings is 1. The molecule has 3 heteroatoms. The Morgan fingerprint density at radius 3 is 2.15 bits per heavy atom. The molecule has 3 nitrogen and oxygen atoms in total. The summed E-state index contributed by atoms with van der Waals surface area (Å²) in [6, 6.07) is 19.9. The Balaban J connectivity index is 1.34. The van der Waals surface area contributed by atoms with Gasteiger partial charge in [0.15, 0.2) is 0 Å². The second kappa shape index (κ2) is 7.47. The number of nitrogens with zero attached hydrogens (tertiary/aromatic N) is 1. The zero-order valence-corrected chi connectivity index (χ0v) is 16.4. The SMILES string of the molecule is CC[N+]1(C)C2CCC1CC(OC(=O)Cc1ccc(-c3ccccc3)cc1)C2. The van der Waals surface area contributed by atoms with Gasteiger partial charge in [-0.3, -0.25) is 4.79 Å². The zero-order chi connectivity index (χ0) is 18.9. The molecule has 2 saturated heterocycles. The molecule has 2 heterocycles. The number of quaternary nitrogens is 1. The van der Waals surface area contributed by atoms with Crippen LogP contribution in [-0.4, -0.2) is 42.2 Å². The number of hydrogen-bond acceptors (Lipinski definition) is 2. The minimum absolute atomic E-state index is 0.0838. The molecule has 0 spiro atoms.